The van der Waals surface area contributed by atoms with Gasteiger partial charge in [0.05, 0.1) is 13.0 Å². The Bertz CT molecular complexity index is 1180. The van der Waals surface area contributed by atoms with Gasteiger partial charge < -0.3 is 27.2 Å². The fourth-order valence-corrected chi connectivity index (χ4v) is 7.83. The summed E-state index contributed by atoms with van der Waals surface area (Å²) in [6, 6.07) is 10.7. The van der Waals surface area contributed by atoms with E-state index in [1.807, 2.05) is 6.07 Å². The van der Waals surface area contributed by atoms with E-state index in [-0.39, 0.29) is 12.0 Å². The highest BCUT2D eigenvalue weighted by Gasteiger charge is 2.40. The van der Waals surface area contributed by atoms with Crippen LogP contribution in [0.2, 0.25) is 78.6 Å². The van der Waals surface area contributed by atoms with Crippen LogP contribution in [-0.4, -0.2) is 53.6 Å². The van der Waals surface area contributed by atoms with E-state index in [0.717, 1.165) is 48.0 Å². The Morgan fingerprint density at radius 1 is 0.683 bits per heavy atom. The largest absolute Gasteiger partial charge is 0.542 e. The van der Waals surface area contributed by atoms with Gasteiger partial charge in [0, 0.05) is 18.8 Å². The molecule has 2 atom stereocenters. The molecule has 10 heteroatoms. The average molecular weight is 635 g/mol. The van der Waals surface area contributed by atoms with Crippen molar-refractivity contribution in [1.82, 2.24) is 0 Å². The van der Waals surface area contributed by atoms with Crippen LogP contribution in [0.4, 0.5) is 0 Å². The number of rotatable bonds is 14. The molecule has 230 valence electrons. The zero-order valence-corrected chi connectivity index (χ0v) is 31.8. The van der Waals surface area contributed by atoms with Crippen LogP contribution in [0.25, 0.3) is 0 Å². The Hall–Kier alpha value is -1.57. The van der Waals surface area contributed by atoms with E-state index in [0.29, 0.717) is 6.61 Å². The molecule has 1 aliphatic rings. The average Bonchev–Trinajstić information content (AvgIpc) is 3.16. The smallest absolute Gasteiger partial charge is 0.242 e. The Kier molecular flexibility index (Phi) is 10.7. The number of ether oxygens (including phenoxy) is 2. The van der Waals surface area contributed by atoms with Gasteiger partial charge in [-0.3, -0.25) is 0 Å². The maximum atomic E-state index is 6.84. The van der Waals surface area contributed by atoms with Crippen molar-refractivity contribution in [1.29, 1.82) is 0 Å². The van der Waals surface area contributed by atoms with Gasteiger partial charge in [0.1, 0.15) is 17.6 Å². The molecule has 0 aliphatic carbocycles. The lowest BCUT2D eigenvalue weighted by atomic mass is 9.90. The second-order valence-corrected chi connectivity index (χ2v) is 32.9. The molecule has 1 heterocycles. The Labute approximate surface area is 253 Å². The first kappa shape index (κ1) is 33.9. The topological polar surface area (TPSA) is 55.4 Å². The molecule has 6 nitrogen and oxygen atoms in total. The molecule has 0 fully saturated rings. The van der Waals surface area contributed by atoms with Gasteiger partial charge in [-0.2, -0.15) is 0 Å². The summed E-state index contributed by atoms with van der Waals surface area (Å²) < 4.78 is 38.3. The molecule has 3 rings (SSSR count). The first-order valence-electron chi connectivity index (χ1n) is 14.9. The second-order valence-electron chi connectivity index (χ2n) is 15.0. The predicted octanol–water partition coefficient (Wildman–Crippen LogP) is 8.98. The molecule has 1 aliphatic heterocycles. The molecule has 2 aromatic carbocycles. The number of benzene rings is 2. The number of methoxy groups -OCH3 is 1. The Morgan fingerprint density at radius 2 is 1.29 bits per heavy atom. The van der Waals surface area contributed by atoms with Crippen LogP contribution >= 0.6 is 0 Å². The lowest BCUT2D eigenvalue weighted by Crippen LogP contribution is -2.30. The van der Waals surface area contributed by atoms with E-state index in [4.69, 9.17) is 27.2 Å². The van der Waals surface area contributed by atoms with Crippen LogP contribution in [0, 0.1) is 0 Å². The van der Waals surface area contributed by atoms with Gasteiger partial charge in [0.2, 0.25) is 16.6 Å². The summed E-state index contributed by atoms with van der Waals surface area (Å²) in [6.07, 6.45) is 1.69. The van der Waals surface area contributed by atoms with Crippen molar-refractivity contribution in [3.05, 3.63) is 47.0 Å². The van der Waals surface area contributed by atoms with Crippen LogP contribution in [-0.2, 0) is 15.3 Å². The molecule has 2 aromatic rings. The zero-order valence-electron chi connectivity index (χ0n) is 27.8. The summed E-state index contributed by atoms with van der Waals surface area (Å²) in [5.41, 5.74) is 3.48. The minimum atomic E-state index is -1.90. The van der Waals surface area contributed by atoms with Crippen molar-refractivity contribution in [2.24, 2.45) is 0 Å². The molecule has 2 unspecified atom stereocenters. The Balaban J connectivity index is 2.04. The van der Waals surface area contributed by atoms with Crippen LogP contribution in [0.5, 0.6) is 23.0 Å². The third-order valence-electron chi connectivity index (χ3n) is 6.34. The number of hydrogen-bond donors (Lipinski definition) is 0. The maximum Gasteiger partial charge on any atom is 0.242 e. The molecular weight excluding hydrogens is 581 g/mol. The maximum absolute atomic E-state index is 6.84. The molecule has 0 spiro atoms. The molecule has 0 saturated carbocycles. The standard InChI is InChI=1S/C31H54O6Si4/c1-32-28-21-24(16-17-27(28)36-40(8,9)10)30-26(22-34-39(5,6)7)25-19-23(15-14-18-33-38(2,3)4)20-29(31(25)35-30)37-41(11,12)13/h16-17,19-21,26,30H,14-15,18,22H2,1-13H3. The van der Waals surface area contributed by atoms with Gasteiger partial charge >= 0.3 is 0 Å². The van der Waals surface area contributed by atoms with Crippen LogP contribution < -0.4 is 18.3 Å². The van der Waals surface area contributed by atoms with E-state index >= 15 is 0 Å². The summed E-state index contributed by atoms with van der Waals surface area (Å²) in [7, 11) is -5.31. The van der Waals surface area contributed by atoms with Crippen molar-refractivity contribution in [2.45, 2.75) is 103 Å². The van der Waals surface area contributed by atoms with Gasteiger partial charge in [-0.15, -0.1) is 0 Å². The summed E-state index contributed by atoms with van der Waals surface area (Å²) >= 11 is 0. The van der Waals surface area contributed by atoms with E-state index in [9.17, 15) is 0 Å². The fraction of sp³-hybridized carbons (Fsp3) is 0.613. The summed E-state index contributed by atoms with van der Waals surface area (Å²) in [6.45, 7) is 28.0. The summed E-state index contributed by atoms with van der Waals surface area (Å²) in [4.78, 5) is 0. The molecule has 0 bridgehead atoms. The first-order chi connectivity index (χ1) is 18.7. The minimum Gasteiger partial charge on any atom is -0.542 e. The normalized spacial score (nSPS) is 17.7. The summed E-state index contributed by atoms with van der Waals surface area (Å²) in [5.74, 6) is 3.26. The molecular formula is C31H54O6Si4. The third-order valence-corrected chi connectivity index (χ3v) is 10.1. The SMILES string of the molecule is COc1cc(C2Oc3c(O[Si](C)(C)C)cc(CCCO[Si](C)(C)C)cc3C2CO[Si](C)(C)C)ccc1O[Si](C)(C)C. The van der Waals surface area contributed by atoms with Crippen LogP contribution in [0.15, 0.2) is 30.3 Å². The minimum absolute atomic E-state index is 0.0346. The van der Waals surface area contributed by atoms with Crippen molar-refractivity contribution in [2.75, 3.05) is 20.3 Å². The molecule has 0 saturated heterocycles. The Morgan fingerprint density at radius 3 is 1.85 bits per heavy atom. The van der Waals surface area contributed by atoms with Crippen molar-refractivity contribution in [3.63, 3.8) is 0 Å². The van der Waals surface area contributed by atoms with Gasteiger partial charge in [-0.25, -0.2) is 0 Å². The van der Waals surface area contributed by atoms with Gasteiger partial charge in [0.25, 0.3) is 0 Å². The second kappa shape index (κ2) is 13.0. The highest BCUT2D eigenvalue weighted by Crippen LogP contribution is 2.52. The highest BCUT2D eigenvalue weighted by molar-refractivity contribution is 6.71. The van der Waals surface area contributed by atoms with Crippen molar-refractivity contribution >= 4 is 33.3 Å². The van der Waals surface area contributed by atoms with E-state index in [1.165, 1.54) is 11.1 Å². The van der Waals surface area contributed by atoms with E-state index in [1.54, 1.807) is 7.11 Å². The van der Waals surface area contributed by atoms with Gasteiger partial charge in [0.15, 0.2) is 28.1 Å². The third kappa shape index (κ3) is 10.6. The first-order valence-corrected chi connectivity index (χ1v) is 28.6. The van der Waals surface area contributed by atoms with Crippen LogP contribution in [0.3, 0.4) is 0 Å². The molecule has 41 heavy (non-hydrogen) atoms. The number of fused-ring (bicyclic) bond motifs is 1. The van der Waals surface area contributed by atoms with Gasteiger partial charge in [-0.1, -0.05) is 12.1 Å². The summed E-state index contributed by atoms with van der Waals surface area (Å²) in [5, 5.41) is 0. The number of hydrogen-bond acceptors (Lipinski definition) is 6. The van der Waals surface area contributed by atoms with Crippen molar-refractivity contribution in [3.8, 4) is 23.0 Å². The van der Waals surface area contributed by atoms with Gasteiger partial charge in [-0.05, 0) is 121 Å². The quantitative estimate of drug-likeness (QED) is 0.153. The van der Waals surface area contributed by atoms with Crippen LogP contribution in [0.1, 0.15) is 35.1 Å². The zero-order chi connectivity index (χ0) is 30.8. The molecule has 0 radical (unpaired) electrons. The monoisotopic (exact) mass is 634 g/mol. The lowest BCUT2D eigenvalue weighted by Gasteiger charge is -2.26. The molecule has 0 amide bonds. The van der Waals surface area contributed by atoms with Crippen molar-refractivity contribution < 1.29 is 27.2 Å². The predicted molar refractivity (Wildman–Crippen MR) is 180 cm³/mol. The molecule has 0 aromatic heterocycles. The highest BCUT2D eigenvalue weighted by atomic mass is 28.4. The lowest BCUT2D eigenvalue weighted by molar-refractivity contribution is 0.164. The van der Waals surface area contributed by atoms with E-state index < -0.39 is 33.3 Å². The molecule has 0 N–H and O–H groups in total. The van der Waals surface area contributed by atoms with E-state index in [2.05, 4.69) is 103 Å². The number of aryl methyl sites for hydroxylation is 1. The fourth-order valence-electron chi connectivity index (χ4n) is 4.75.